The Balaban J connectivity index is 1.87. The third-order valence-corrected chi connectivity index (χ3v) is 4.93. The van der Waals surface area contributed by atoms with Crippen LogP contribution < -0.4 is 19.5 Å². The summed E-state index contributed by atoms with van der Waals surface area (Å²) in [6.45, 7) is 0.351. The van der Waals surface area contributed by atoms with Crippen molar-refractivity contribution in [3.8, 4) is 17.2 Å². The van der Waals surface area contributed by atoms with Crippen molar-refractivity contribution >= 4 is 29.3 Å². The molecule has 0 fully saturated rings. The van der Waals surface area contributed by atoms with Gasteiger partial charge in [0, 0.05) is 22.9 Å². The summed E-state index contributed by atoms with van der Waals surface area (Å²) in [5.74, 6) is 2.74. The third kappa shape index (κ3) is 5.47. The molecule has 7 heteroatoms. The number of hydrogen-bond acceptors (Lipinski definition) is 5. The van der Waals surface area contributed by atoms with Crippen molar-refractivity contribution in [3.63, 3.8) is 0 Å². The second-order valence-corrected chi connectivity index (χ2v) is 6.81. The fourth-order valence-electron chi connectivity index (χ4n) is 2.39. The zero-order valence-electron chi connectivity index (χ0n) is 15.0. The molecule has 0 aromatic heterocycles. The van der Waals surface area contributed by atoms with Gasteiger partial charge in [0.15, 0.2) is 11.5 Å². The van der Waals surface area contributed by atoms with Crippen molar-refractivity contribution in [2.24, 2.45) is 0 Å². The Bertz CT molecular complexity index is 737. The van der Waals surface area contributed by atoms with Crippen molar-refractivity contribution in [2.45, 2.75) is 12.3 Å². The zero-order chi connectivity index (χ0) is 18.9. The van der Waals surface area contributed by atoms with Crippen molar-refractivity contribution < 1.29 is 19.0 Å². The van der Waals surface area contributed by atoms with E-state index in [2.05, 4.69) is 5.32 Å². The van der Waals surface area contributed by atoms with E-state index in [1.807, 2.05) is 30.3 Å². The molecular weight excluding hydrogens is 374 g/mol. The van der Waals surface area contributed by atoms with Gasteiger partial charge in [-0.05, 0) is 29.8 Å². The van der Waals surface area contributed by atoms with E-state index in [1.54, 1.807) is 39.2 Å². The predicted octanol–water partition coefficient (Wildman–Crippen LogP) is 3.92. The number of halogens is 1. The lowest BCUT2D eigenvalue weighted by atomic mass is 10.1. The molecule has 0 spiro atoms. The normalized spacial score (nSPS) is 10.3. The van der Waals surface area contributed by atoms with E-state index in [9.17, 15) is 4.79 Å². The van der Waals surface area contributed by atoms with Crippen molar-refractivity contribution in [3.05, 3.63) is 52.5 Å². The lowest BCUT2D eigenvalue weighted by Gasteiger charge is -2.16. The molecular formula is C19H22ClNO4S. The summed E-state index contributed by atoms with van der Waals surface area (Å²) in [5, 5.41) is 3.61. The van der Waals surface area contributed by atoms with Crippen LogP contribution in [0.4, 0.5) is 0 Å². The van der Waals surface area contributed by atoms with Gasteiger partial charge in [-0.1, -0.05) is 23.7 Å². The highest BCUT2D eigenvalue weighted by Crippen LogP contribution is 2.39. The molecule has 0 aliphatic heterocycles. The van der Waals surface area contributed by atoms with Gasteiger partial charge in [0.05, 0.1) is 27.1 Å². The second kappa shape index (κ2) is 10.2. The largest absolute Gasteiger partial charge is 0.493 e. The average Bonchev–Trinajstić information content (AvgIpc) is 2.66. The molecule has 0 radical (unpaired) electrons. The van der Waals surface area contributed by atoms with Crippen LogP contribution in [0, 0.1) is 0 Å². The number of hydrogen-bond donors (Lipinski definition) is 1. The number of thioether (sulfide) groups is 1. The molecule has 0 heterocycles. The summed E-state index contributed by atoms with van der Waals surface area (Å²) in [6.07, 6.45) is 0. The van der Waals surface area contributed by atoms with Gasteiger partial charge in [0.2, 0.25) is 11.7 Å². The molecule has 0 unspecified atom stereocenters. The van der Waals surface area contributed by atoms with E-state index in [1.165, 1.54) is 0 Å². The minimum Gasteiger partial charge on any atom is -0.493 e. The van der Waals surface area contributed by atoms with Crippen LogP contribution in [0.1, 0.15) is 11.1 Å². The maximum Gasteiger partial charge on any atom is 0.230 e. The first-order valence-corrected chi connectivity index (χ1v) is 9.49. The Kier molecular flexibility index (Phi) is 7.94. The standard InChI is InChI=1S/C19H22ClNO4S/c1-23-16-9-6-14(18(24-2)19(16)25-3)10-21-17(22)12-26-11-13-4-7-15(20)8-5-13/h4-9H,10-12H2,1-3H3,(H,21,22). The van der Waals surface area contributed by atoms with Crippen LogP contribution in [0.5, 0.6) is 17.2 Å². The van der Waals surface area contributed by atoms with Crippen LogP contribution in [0.25, 0.3) is 0 Å². The van der Waals surface area contributed by atoms with Gasteiger partial charge in [-0.3, -0.25) is 4.79 Å². The molecule has 1 amide bonds. The van der Waals surface area contributed by atoms with Gasteiger partial charge in [-0.25, -0.2) is 0 Å². The first-order valence-electron chi connectivity index (χ1n) is 7.95. The topological polar surface area (TPSA) is 56.8 Å². The number of ether oxygens (including phenoxy) is 3. The Morgan fingerprint density at radius 1 is 1.00 bits per heavy atom. The summed E-state index contributed by atoms with van der Waals surface area (Å²) >= 11 is 7.41. The van der Waals surface area contributed by atoms with Gasteiger partial charge in [-0.15, -0.1) is 11.8 Å². The SMILES string of the molecule is COc1ccc(CNC(=O)CSCc2ccc(Cl)cc2)c(OC)c1OC. The minimum absolute atomic E-state index is 0.0409. The van der Waals surface area contributed by atoms with Gasteiger partial charge in [-0.2, -0.15) is 0 Å². The van der Waals surface area contributed by atoms with E-state index in [0.29, 0.717) is 34.6 Å². The van der Waals surface area contributed by atoms with E-state index < -0.39 is 0 Å². The molecule has 0 saturated heterocycles. The number of amides is 1. The van der Waals surface area contributed by atoms with Crippen LogP contribution in [0.2, 0.25) is 5.02 Å². The quantitative estimate of drug-likeness (QED) is 0.697. The molecule has 140 valence electrons. The van der Waals surface area contributed by atoms with Gasteiger partial charge in [0.25, 0.3) is 0 Å². The van der Waals surface area contributed by atoms with Crippen LogP contribution in [-0.2, 0) is 17.1 Å². The van der Waals surface area contributed by atoms with E-state index >= 15 is 0 Å². The number of carbonyl (C=O) groups is 1. The molecule has 0 aliphatic carbocycles. The predicted molar refractivity (Wildman–Crippen MR) is 106 cm³/mol. The maximum atomic E-state index is 12.1. The number of methoxy groups -OCH3 is 3. The monoisotopic (exact) mass is 395 g/mol. The minimum atomic E-state index is -0.0409. The first kappa shape index (κ1) is 20.3. The van der Waals surface area contributed by atoms with Crippen molar-refractivity contribution in [2.75, 3.05) is 27.1 Å². The molecule has 0 aliphatic rings. The molecule has 0 saturated carbocycles. The van der Waals surface area contributed by atoms with Crippen LogP contribution in [-0.4, -0.2) is 33.0 Å². The van der Waals surface area contributed by atoms with E-state index in [0.717, 1.165) is 16.9 Å². The highest BCUT2D eigenvalue weighted by atomic mass is 35.5. The highest BCUT2D eigenvalue weighted by molar-refractivity contribution is 7.99. The number of rotatable bonds is 9. The Labute approximate surface area is 163 Å². The molecule has 0 atom stereocenters. The summed E-state index contributed by atoms with van der Waals surface area (Å²) in [4.78, 5) is 12.1. The van der Waals surface area contributed by atoms with Gasteiger partial charge >= 0.3 is 0 Å². The fourth-order valence-corrected chi connectivity index (χ4v) is 3.33. The van der Waals surface area contributed by atoms with Crippen LogP contribution in [0.3, 0.4) is 0 Å². The number of benzene rings is 2. The molecule has 0 bridgehead atoms. The number of nitrogens with one attached hydrogen (secondary N) is 1. The average molecular weight is 396 g/mol. The third-order valence-electron chi connectivity index (χ3n) is 3.68. The van der Waals surface area contributed by atoms with Crippen molar-refractivity contribution in [1.29, 1.82) is 0 Å². The summed E-state index contributed by atoms with van der Waals surface area (Å²) in [7, 11) is 4.68. The summed E-state index contributed by atoms with van der Waals surface area (Å²) in [5.41, 5.74) is 1.95. The lowest BCUT2D eigenvalue weighted by Crippen LogP contribution is -2.25. The summed E-state index contributed by atoms with van der Waals surface area (Å²) < 4.78 is 16.0. The van der Waals surface area contributed by atoms with Crippen molar-refractivity contribution in [1.82, 2.24) is 5.32 Å². The number of carbonyl (C=O) groups excluding carboxylic acids is 1. The fraction of sp³-hybridized carbons (Fsp3) is 0.316. The van der Waals surface area contributed by atoms with Crippen LogP contribution >= 0.6 is 23.4 Å². The molecule has 26 heavy (non-hydrogen) atoms. The first-order chi connectivity index (χ1) is 12.6. The molecule has 2 aromatic rings. The van der Waals surface area contributed by atoms with E-state index in [4.69, 9.17) is 25.8 Å². The Morgan fingerprint density at radius 3 is 2.31 bits per heavy atom. The lowest BCUT2D eigenvalue weighted by molar-refractivity contribution is -0.118. The maximum absolute atomic E-state index is 12.1. The van der Waals surface area contributed by atoms with E-state index in [-0.39, 0.29) is 5.91 Å². The second-order valence-electron chi connectivity index (χ2n) is 5.39. The smallest absolute Gasteiger partial charge is 0.230 e. The van der Waals surface area contributed by atoms with Gasteiger partial charge < -0.3 is 19.5 Å². The summed E-state index contributed by atoms with van der Waals surface area (Å²) in [6, 6.07) is 11.3. The van der Waals surface area contributed by atoms with Crippen LogP contribution in [0.15, 0.2) is 36.4 Å². The Hall–Kier alpha value is -2.05. The highest BCUT2D eigenvalue weighted by Gasteiger charge is 2.16. The molecule has 2 rings (SSSR count). The molecule has 5 nitrogen and oxygen atoms in total. The molecule has 2 aromatic carbocycles. The Morgan fingerprint density at radius 2 is 1.69 bits per heavy atom. The zero-order valence-corrected chi connectivity index (χ0v) is 16.6. The van der Waals surface area contributed by atoms with Gasteiger partial charge in [0.1, 0.15) is 0 Å². The molecule has 1 N–H and O–H groups in total.